The number of nitrogens with zero attached hydrogens (tertiary/aromatic N) is 2. The maximum absolute atomic E-state index is 14.0. The molecule has 3 aromatic rings. The van der Waals surface area contributed by atoms with Crippen LogP contribution in [0.1, 0.15) is 63.8 Å². The molecular weight excluding hydrogens is 466 g/mol. The zero-order valence-electron chi connectivity index (χ0n) is 22.5. The van der Waals surface area contributed by atoms with Gasteiger partial charge in [0.25, 0.3) is 5.91 Å². The lowest BCUT2D eigenvalue weighted by molar-refractivity contribution is -0.166. The second-order valence-electron chi connectivity index (χ2n) is 10.7. The summed E-state index contributed by atoms with van der Waals surface area (Å²) < 4.78 is 11.9. The number of amides is 2. The Balaban J connectivity index is 1.67. The Kier molecular flexibility index (Phi) is 6.65. The van der Waals surface area contributed by atoms with E-state index in [-0.39, 0.29) is 30.2 Å². The van der Waals surface area contributed by atoms with Crippen molar-refractivity contribution in [3.05, 3.63) is 59.3 Å². The van der Waals surface area contributed by atoms with Gasteiger partial charge in [-0.25, -0.2) is 0 Å². The number of para-hydroxylation sites is 1. The highest BCUT2D eigenvalue weighted by atomic mass is 16.5. The van der Waals surface area contributed by atoms with Gasteiger partial charge in [0.1, 0.15) is 0 Å². The van der Waals surface area contributed by atoms with Crippen LogP contribution in [0.4, 0.5) is 0 Å². The molecule has 1 aromatic heterocycles. The van der Waals surface area contributed by atoms with Crippen molar-refractivity contribution in [2.75, 3.05) is 32.8 Å². The van der Waals surface area contributed by atoms with Crippen molar-refractivity contribution >= 4 is 22.7 Å². The normalized spacial score (nSPS) is 21.4. The first kappa shape index (κ1) is 25.2. The molecule has 1 N–H and O–H groups in total. The minimum absolute atomic E-state index is 0.0228. The number of benzene rings is 2. The molecule has 0 spiro atoms. The van der Waals surface area contributed by atoms with E-state index < -0.39 is 5.54 Å². The average Bonchev–Trinajstić information content (AvgIpc) is 3.27. The molecule has 0 bridgehead atoms. The molecule has 2 atom stereocenters. The molecule has 0 radical (unpaired) electrons. The summed E-state index contributed by atoms with van der Waals surface area (Å²) in [6.07, 6.45) is 0.909. The average molecular weight is 504 g/mol. The number of aromatic amines is 1. The number of H-pyrrole nitrogens is 1. The highest BCUT2D eigenvalue weighted by Crippen LogP contribution is 2.49. The van der Waals surface area contributed by atoms with Gasteiger partial charge >= 0.3 is 0 Å². The Bertz CT molecular complexity index is 1330. The second-order valence-corrected chi connectivity index (χ2v) is 10.7. The predicted octanol–water partition coefficient (Wildman–Crippen LogP) is 5.04. The Morgan fingerprint density at radius 2 is 1.86 bits per heavy atom. The molecule has 2 aliphatic rings. The number of aromatic nitrogens is 1. The van der Waals surface area contributed by atoms with Crippen LogP contribution in [-0.2, 0) is 15.1 Å². The van der Waals surface area contributed by atoms with Gasteiger partial charge < -0.3 is 24.3 Å². The monoisotopic (exact) mass is 503 g/mol. The van der Waals surface area contributed by atoms with Crippen LogP contribution >= 0.6 is 0 Å². The standard InChI is InChI=1S/C30H37N3O4/c1-6-14-37-24-13-12-20(15-25(24)36-7-2)22-17-33-26(34)18-32(16-19(3)4)29(35)30(33,5)28-27(22)21-10-8-9-11-23(21)31-28/h8-13,15,19,22,31H,6-7,14,16-18H2,1-5H3. The first-order valence-corrected chi connectivity index (χ1v) is 13.4. The van der Waals surface area contributed by atoms with Gasteiger partial charge in [-0.1, -0.05) is 45.0 Å². The molecule has 0 saturated carbocycles. The number of carbonyl (C=O) groups is 2. The van der Waals surface area contributed by atoms with E-state index in [2.05, 4.69) is 37.9 Å². The second kappa shape index (κ2) is 9.77. The number of rotatable bonds is 8. The van der Waals surface area contributed by atoms with Crippen LogP contribution in [0.2, 0.25) is 0 Å². The molecule has 2 aliphatic heterocycles. The van der Waals surface area contributed by atoms with E-state index in [9.17, 15) is 9.59 Å². The fourth-order valence-corrected chi connectivity index (χ4v) is 5.90. The van der Waals surface area contributed by atoms with Gasteiger partial charge in [0.15, 0.2) is 17.0 Å². The first-order valence-electron chi connectivity index (χ1n) is 13.4. The molecule has 1 saturated heterocycles. The van der Waals surface area contributed by atoms with Gasteiger partial charge in [0.05, 0.1) is 25.5 Å². The van der Waals surface area contributed by atoms with Gasteiger partial charge in [-0.3, -0.25) is 9.59 Å². The molecule has 7 heteroatoms. The van der Waals surface area contributed by atoms with Crippen molar-refractivity contribution in [1.29, 1.82) is 0 Å². The molecule has 5 rings (SSSR count). The number of hydrogen-bond donors (Lipinski definition) is 1. The number of fused-ring (bicyclic) bond motifs is 5. The van der Waals surface area contributed by atoms with Crippen molar-refractivity contribution in [2.24, 2.45) is 5.92 Å². The molecule has 2 aromatic carbocycles. The number of piperazine rings is 1. The van der Waals surface area contributed by atoms with Crippen LogP contribution in [0.3, 0.4) is 0 Å². The van der Waals surface area contributed by atoms with E-state index >= 15 is 0 Å². The lowest BCUT2D eigenvalue weighted by Gasteiger charge is -2.51. The van der Waals surface area contributed by atoms with E-state index in [0.29, 0.717) is 32.1 Å². The number of carbonyl (C=O) groups excluding carboxylic acids is 2. The quantitative estimate of drug-likeness (QED) is 0.467. The van der Waals surface area contributed by atoms with Crippen molar-refractivity contribution < 1.29 is 19.1 Å². The van der Waals surface area contributed by atoms with Crippen molar-refractivity contribution in [1.82, 2.24) is 14.8 Å². The third-order valence-corrected chi connectivity index (χ3v) is 7.53. The molecule has 2 unspecified atom stereocenters. The van der Waals surface area contributed by atoms with Gasteiger partial charge in [-0.2, -0.15) is 0 Å². The molecule has 1 fully saturated rings. The largest absolute Gasteiger partial charge is 0.490 e. The van der Waals surface area contributed by atoms with E-state index in [1.165, 1.54) is 0 Å². The first-order chi connectivity index (χ1) is 17.8. The molecule has 37 heavy (non-hydrogen) atoms. The zero-order chi connectivity index (χ0) is 26.3. The van der Waals surface area contributed by atoms with Gasteiger partial charge in [0.2, 0.25) is 5.91 Å². The summed E-state index contributed by atoms with van der Waals surface area (Å²) in [4.78, 5) is 34.7. The van der Waals surface area contributed by atoms with Gasteiger partial charge in [-0.05, 0) is 55.5 Å². The maximum Gasteiger partial charge on any atom is 0.254 e. The van der Waals surface area contributed by atoms with Crippen LogP contribution in [0.15, 0.2) is 42.5 Å². The van der Waals surface area contributed by atoms with Crippen molar-refractivity contribution in [3.63, 3.8) is 0 Å². The summed E-state index contributed by atoms with van der Waals surface area (Å²) >= 11 is 0. The van der Waals surface area contributed by atoms with Crippen molar-refractivity contribution in [2.45, 2.75) is 52.5 Å². The van der Waals surface area contributed by atoms with Crippen LogP contribution in [-0.4, -0.2) is 59.4 Å². The van der Waals surface area contributed by atoms with Crippen LogP contribution < -0.4 is 9.47 Å². The predicted molar refractivity (Wildman–Crippen MR) is 144 cm³/mol. The minimum atomic E-state index is -1.08. The topological polar surface area (TPSA) is 74.9 Å². The van der Waals surface area contributed by atoms with E-state index in [1.54, 1.807) is 9.80 Å². The number of nitrogens with one attached hydrogen (secondary N) is 1. The van der Waals surface area contributed by atoms with Crippen LogP contribution in [0.5, 0.6) is 11.5 Å². The smallest absolute Gasteiger partial charge is 0.254 e. The number of hydrogen-bond acceptors (Lipinski definition) is 4. The lowest BCUT2D eigenvalue weighted by atomic mass is 9.76. The summed E-state index contributed by atoms with van der Waals surface area (Å²) in [5.41, 5.74) is 2.80. The highest BCUT2D eigenvalue weighted by molar-refractivity contribution is 6.01. The van der Waals surface area contributed by atoms with Gasteiger partial charge in [0, 0.05) is 29.9 Å². The van der Waals surface area contributed by atoms with E-state index in [4.69, 9.17) is 9.47 Å². The Morgan fingerprint density at radius 1 is 1.08 bits per heavy atom. The van der Waals surface area contributed by atoms with Gasteiger partial charge in [-0.15, -0.1) is 0 Å². The molecule has 196 valence electrons. The lowest BCUT2D eigenvalue weighted by Crippen LogP contribution is -2.67. The zero-order valence-corrected chi connectivity index (χ0v) is 22.5. The number of ether oxygens (including phenoxy) is 2. The maximum atomic E-state index is 14.0. The summed E-state index contributed by atoms with van der Waals surface area (Å²) in [5, 5.41) is 1.08. The van der Waals surface area contributed by atoms with Crippen LogP contribution in [0, 0.1) is 5.92 Å². The Morgan fingerprint density at radius 3 is 2.59 bits per heavy atom. The molecule has 0 aliphatic carbocycles. The van der Waals surface area contributed by atoms with Crippen molar-refractivity contribution in [3.8, 4) is 11.5 Å². The third-order valence-electron chi connectivity index (χ3n) is 7.53. The molecule has 7 nitrogen and oxygen atoms in total. The highest BCUT2D eigenvalue weighted by Gasteiger charge is 2.56. The Hall–Kier alpha value is -3.48. The molecule has 3 heterocycles. The summed E-state index contributed by atoms with van der Waals surface area (Å²) in [5.74, 6) is 1.53. The fraction of sp³-hybridized carbons (Fsp3) is 0.467. The Labute approximate surface area is 218 Å². The SMILES string of the molecule is CCCOc1ccc(C2CN3C(=O)CN(CC(C)C)C(=O)C3(C)c3[nH]c4ccccc4c32)cc1OCC. The third kappa shape index (κ3) is 4.14. The molecule has 2 amide bonds. The van der Waals surface area contributed by atoms with E-state index in [1.807, 2.05) is 44.2 Å². The summed E-state index contributed by atoms with van der Waals surface area (Å²) in [7, 11) is 0. The fourth-order valence-electron chi connectivity index (χ4n) is 5.90. The summed E-state index contributed by atoms with van der Waals surface area (Å²) in [6, 6.07) is 14.2. The van der Waals surface area contributed by atoms with Crippen LogP contribution in [0.25, 0.3) is 10.9 Å². The summed E-state index contributed by atoms with van der Waals surface area (Å²) in [6.45, 7) is 12.3. The van der Waals surface area contributed by atoms with E-state index in [0.717, 1.165) is 39.9 Å². The minimum Gasteiger partial charge on any atom is -0.490 e. The molecular formula is C30H37N3O4.